The second-order valence-corrected chi connectivity index (χ2v) is 5.64. The van der Waals surface area contributed by atoms with E-state index in [4.69, 9.17) is 15.2 Å². The van der Waals surface area contributed by atoms with Gasteiger partial charge in [0.25, 0.3) is 9.05 Å². The van der Waals surface area contributed by atoms with Crippen LogP contribution in [0.15, 0.2) is 27.6 Å². The van der Waals surface area contributed by atoms with Crippen LogP contribution in [0, 0.1) is 0 Å². The Hall–Kier alpha value is -1.07. The first-order valence-electron chi connectivity index (χ1n) is 4.35. The molecule has 2 rings (SSSR count). The van der Waals surface area contributed by atoms with E-state index in [1.54, 1.807) is 6.07 Å². The lowest BCUT2D eigenvalue weighted by Gasteiger charge is -1.94. The number of aryl methyl sites for hydroxylation is 1. The third-order valence-corrected chi connectivity index (χ3v) is 3.48. The van der Waals surface area contributed by atoms with E-state index < -0.39 is 9.05 Å². The van der Waals surface area contributed by atoms with Gasteiger partial charge in [-0.2, -0.15) is 0 Å². The zero-order chi connectivity index (χ0) is 11.1. The summed E-state index contributed by atoms with van der Waals surface area (Å²) in [6, 6.07) is 4.50. The number of hydrogen-bond acceptors (Lipinski definition) is 4. The summed E-state index contributed by atoms with van der Waals surface area (Å²) in [5, 5.41) is 4.59. The van der Waals surface area contributed by atoms with Crippen LogP contribution in [0.3, 0.4) is 0 Å². The molecule has 0 aliphatic heterocycles. The van der Waals surface area contributed by atoms with Crippen molar-refractivity contribution >= 4 is 30.6 Å². The van der Waals surface area contributed by atoms with Crippen LogP contribution in [0.4, 0.5) is 0 Å². The largest absolute Gasteiger partial charge is 0.360 e. The molecule has 0 fully saturated rings. The van der Waals surface area contributed by atoms with Crippen molar-refractivity contribution in [1.29, 1.82) is 0 Å². The Morgan fingerprint density at radius 1 is 1.47 bits per heavy atom. The van der Waals surface area contributed by atoms with Crippen LogP contribution in [0.2, 0.25) is 0 Å². The van der Waals surface area contributed by atoms with Gasteiger partial charge in [-0.05, 0) is 18.2 Å². The summed E-state index contributed by atoms with van der Waals surface area (Å²) in [5.74, 6) is 0.739. The van der Waals surface area contributed by atoms with Crippen molar-refractivity contribution in [2.24, 2.45) is 0 Å². The molecule has 6 heteroatoms. The summed E-state index contributed by atoms with van der Waals surface area (Å²) >= 11 is 0. The van der Waals surface area contributed by atoms with Crippen molar-refractivity contribution in [2.75, 3.05) is 0 Å². The molecule has 0 saturated carbocycles. The average molecular weight is 246 g/mol. The summed E-state index contributed by atoms with van der Waals surface area (Å²) in [4.78, 5) is 0.0348. The monoisotopic (exact) mass is 245 g/mol. The standard InChI is InChI=1S/C9H8ClNO3S/c1-2-9-7-4-3-6(15(10,12)13)5-8(7)11-14-9/h3-5H,2H2,1H3. The maximum absolute atomic E-state index is 11.1. The van der Waals surface area contributed by atoms with Gasteiger partial charge in [-0.3, -0.25) is 0 Å². The molecule has 15 heavy (non-hydrogen) atoms. The molecule has 0 saturated heterocycles. The second-order valence-electron chi connectivity index (χ2n) is 3.08. The third-order valence-electron chi connectivity index (χ3n) is 2.13. The van der Waals surface area contributed by atoms with Gasteiger partial charge in [-0.1, -0.05) is 12.1 Å². The van der Waals surface area contributed by atoms with Crippen LogP contribution in [-0.4, -0.2) is 13.6 Å². The first-order chi connectivity index (χ1) is 7.02. The Bertz CT molecular complexity index is 603. The molecule has 80 valence electrons. The van der Waals surface area contributed by atoms with Crippen molar-refractivity contribution in [3.8, 4) is 0 Å². The molecule has 0 amide bonds. The van der Waals surface area contributed by atoms with Crippen molar-refractivity contribution in [2.45, 2.75) is 18.2 Å². The number of hydrogen-bond donors (Lipinski definition) is 0. The van der Waals surface area contributed by atoms with Crippen LogP contribution in [0.1, 0.15) is 12.7 Å². The number of fused-ring (bicyclic) bond motifs is 1. The lowest BCUT2D eigenvalue weighted by atomic mass is 10.2. The van der Waals surface area contributed by atoms with Crippen LogP contribution >= 0.6 is 10.7 Å². The molecule has 0 unspecified atom stereocenters. The molecule has 1 heterocycles. The Balaban J connectivity index is 2.69. The normalized spacial score (nSPS) is 12.1. The molecule has 0 aliphatic rings. The molecule has 0 aliphatic carbocycles. The summed E-state index contributed by atoms with van der Waals surface area (Å²) in [5.41, 5.74) is 0.508. The lowest BCUT2D eigenvalue weighted by Crippen LogP contribution is -1.89. The fourth-order valence-corrected chi connectivity index (χ4v) is 2.15. The lowest BCUT2D eigenvalue weighted by molar-refractivity contribution is 0.394. The van der Waals surface area contributed by atoms with E-state index in [9.17, 15) is 8.42 Å². The highest BCUT2D eigenvalue weighted by Gasteiger charge is 2.13. The minimum absolute atomic E-state index is 0.0348. The highest BCUT2D eigenvalue weighted by molar-refractivity contribution is 8.13. The third kappa shape index (κ3) is 1.85. The quantitative estimate of drug-likeness (QED) is 0.762. The maximum atomic E-state index is 11.1. The van der Waals surface area contributed by atoms with Crippen LogP contribution in [-0.2, 0) is 15.5 Å². The molecule has 0 radical (unpaired) electrons. The van der Waals surface area contributed by atoms with Crippen molar-refractivity contribution in [3.63, 3.8) is 0 Å². The first kappa shape index (κ1) is 10.4. The molecular weight excluding hydrogens is 238 g/mol. The van der Waals surface area contributed by atoms with Gasteiger partial charge < -0.3 is 4.52 Å². The molecule has 2 aromatic rings. The molecule has 0 atom stereocenters. The average Bonchev–Trinajstić information content (AvgIpc) is 2.58. The van der Waals surface area contributed by atoms with E-state index >= 15 is 0 Å². The van der Waals surface area contributed by atoms with Crippen molar-refractivity contribution in [3.05, 3.63) is 24.0 Å². The molecular formula is C9H8ClNO3S. The Labute approximate surface area is 91.2 Å². The topological polar surface area (TPSA) is 60.2 Å². The molecule has 4 nitrogen and oxygen atoms in total. The van der Waals surface area contributed by atoms with Gasteiger partial charge in [0.2, 0.25) is 0 Å². The molecule has 0 spiro atoms. The predicted octanol–water partition coefficient (Wildman–Crippen LogP) is 2.32. The van der Waals surface area contributed by atoms with E-state index in [1.807, 2.05) is 6.92 Å². The van der Waals surface area contributed by atoms with Crippen LogP contribution < -0.4 is 0 Å². The Morgan fingerprint density at radius 3 is 2.80 bits per heavy atom. The number of aromatic nitrogens is 1. The van der Waals surface area contributed by atoms with Gasteiger partial charge in [-0.15, -0.1) is 0 Å². The molecule has 1 aromatic carbocycles. The Kier molecular flexibility index (Phi) is 2.44. The van der Waals surface area contributed by atoms with E-state index in [0.717, 1.165) is 11.1 Å². The molecule has 0 bridgehead atoms. The fraction of sp³-hybridized carbons (Fsp3) is 0.222. The van der Waals surface area contributed by atoms with Gasteiger partial charge >= 0.3 is 0 Å². The smallest absolute Gasteiger partial charge is 0.261 e. The minimum Gasteiger partial charge on any atom is -0.360 e. The van der Waals surface area contributed by atoms with E-state index in [-0.39, 0.29) is 4.90 Å². The van der Waals surface area contributed by atoms with Gasteiger partial charge in [0, 0.05) is 22.5 Å². The van der Waals surface area contributed by atoms with Gasteiger partial charge in [0.1, 0.15) is 11.3 Å². The van der Waals surface area contributed by atoms with Gasteiger partial charge in [-0.25, -0.2) is 8.42 Å². The van der Waals surface area contributed by atoms with Crippen LogP contribution in [0.5, 0.6) is 0 Å². The fourth-order valence-electron chi connectivity index (χ4n) is 1.38. The van der Waals surface area contributed by atoms with E-state index in [1.165, 1.54) is 12.1 Å². The predicted molar refractivity (Wildman–Crippen MR) is 56.4 cm³/mol. The zero-order valence-corrected chi connectivity index (χ0v) is 9.47. The number of rotatable bonds is 2. The maximum Gasteiger partial charge on any atom is 0.261 e. The van der Waals surface area contributed by atoms with Gasteiger partial charge in [0.15, 0.2) is 0 Å². The van der Waals surface area contributed by atoms with Crippen LogP contribution in [0.25, 0.3) is 10.9 Å². The second kappa shape index (κ2) is 3.50. The van der Waals surface area contributed by atoms with Crippen molar-refractivity contribution in [1.82, 2.24) is 5.16 Å². The number of benzene rings is 1. The summed E-state index contributed by atoms with van der Waals surface area (Å²) in [6.45, 7) is 1.94. The summed E-state index contributed by atoms with van der Waals surface area (Å²) < 4.78 is 27.2. The van der Waals surface area contributed by atoms with E-state index in [0.29, 0.717) is 11.9 Å². The highest BCUT2D eigenvalue weighted by Crippen LogP contribution is 2.23. The summed E-state index contributed by atoms with van der Waals surface area (Å²) in [7, 11) is 1.51. The van der Waals surface area contributed by atoms with Gasteiger partial charge in [0.05, 0.1) is 4.90 Å². The van der Waals surface area contributed by atoms with Crippen molar-refractivity contribution < 1.29 is 12.9 Å². The first-order valence-corrected chi connectivity index (χ1v) is 6.66. The Morgan fingerprint density at radius 2 is 2.20 bits per heavy atom. The molecule has 0 N–H and O–H groups in total. The highest BCUT2D eigenvalue weighted by atomic mass is 35.7. The zero-order valence-electron chi connectivity index (χ0n) is 7.90. The summed E-state index contributed by atoms with van der Waals surface area (Å²) in [6.07, 6.45) is 0.712. The minimum atomic E-state index is -3.70. The molecule has 1 aromatic heterocycles. The number of halogens is 1. The SMILES string of the molecule is CCc1onc2cc(S(=O)(=O)Cl)ccc12. The van der Waals surface area contributed by atoms with E-state index in [2.05, 4.69) is 5.16 Å². The number of nitrogens with zero attached hydrogens (tertiary/aromatic N) is 1.